The van der Waals surface area contributed by atoms with Gasteiger partial charge in [-0.15, -0.1) is 40.8 Å². The molecule has 742 valence electrons. The molecule has 4 N–H and O–H groups in total. The Morgan fingerprint density at radius 3 is 1.22 bits per heavy atom. The van der Waals surface area contributed by atoms with Gasteiger partial charge in [0.05, 0.1) is 43.4 Å². The van der Waals surface area contributed by atoms with E-state index in [1.165, 1.54) is 28.8 Å². The van der Waals surface area contributed by atoms with Crippen LogP contribution in [0.15, 0.2) is 241 Å². The van der Waals surface area contributed by atoms with Crippen LogP contribution in [0.2, 0.25) is 10.0 Å². The van der Waals surface area contributed by atoms with E-state index in [0.717, 1.165) is 126 Å². The van der Waals surface area contributed by atoms with Crippen LogP contribution >= 0.6 is 23.2 Å². The third kappa shape index (κ3) is 23.8. The highest BCUT2D eigenvalue weighted by Crippen LogP contribution is 2.44. The summed E-state index contributed by atoms with van der Waals surface area (Å²) in [6.07, 6.45) is 4.03. The van der Waals surface area contributed by atoms with E-state index in [9.17, 15) is 38.0 Å². The maximum atomic E-state index is 13.8. The predicted octanol–water partition coefficient (Wildman–Crippen LogP) is 21.1. The molecule has 0 spiro atoms. The van der Waals surface area contributed by atoms with Gasteiger partial charge in [0.25, 0.3) is 23.6 Å². The second-order valence-electron chi connectivity index (χ2n) is 35.8. The lowest BCUT2D eigenvalue weighted by molar-refractivity contribution is -0.137. The number of alkyl halides is 3. The number of aliphatic hydroxyl groups is 4. The Morgan fingerprint density at radius 1 is 0.427 bits per heavy atom. The molecule has 37 heteroatoms. The first-order valence-electron chi connectivity index (χ1n) is 47.0. The quantitative estimate of drug-likeness (QED) is 0.0316. The van der Waals surface area contributed by atoms with E-state index in [-0.39, 0.29) is 66.8 Å². The lowest BCUT2D eigenvalue weighted by atomic mass is 9.88. The van der Waals surface area contributed by atoms with E-state index < -0.39 is 36.2 Å². The number of β-amino-alcohol motifs (C(OH)–C–C–N with tert-alkyl or cyclic N) is 4. The number of rotatable bonds is 29. The van der Waals surface area contributed by atoms with Crippen LogP contribution in [-0.4, -0.2) is 217 Å². The van der Waals surface area contributed by atoms with Gasteiger partial charge in [-0.3, -0.25) is 9.80 Å². The second kappa shape index (κ2) is 43.9. The van der Waals surface area contributed by atoms with Gasteiger partial charge in [0.15, 0.2) is 34.5 Å². The molecule has 4 atom stereocenters. The minimum atomic E-state index is -4.48. The summed E-state index contributed by atoms with van der Waals surface area (Å²) in [7, 11) is 0. The van der Waals surface area contributed by atoms with Crippen LogP contribution in [0.1, 0.15) is 109 Å². The topological polar surface area (TPSA) is 371 Å². The lowest BCUT2D eigenvalue weighted by Crippen LogP contribution is -2.40. The molecule has 143 heavy (non-hydrogen) atoms. The molecule has 2 fully saturated rings. The van der Waals surface area contributed by atoms with E-state index in [2.05, 4.69) is 103 Å². The molecule has 5 aliphatic rings. The molecule has 22 rings (SSSR count). The van der Waals surface area contributed by atoms with Crippen molar-refractivity contribution in [3.05, 3.63) is 268 Å². The average Bonchev–Trinajstić information content (AvgIpc) is 1.70. The van der Waals surface area contributed by atoms with Crippen molar-refractivity contribution < 1.29 is 106 Å². The molecule has 14 heterocycles. The molecular weight excluding hydrogens is 1890 g/mol. The number of hydrogen-bond acceptors (Lipinski definition) is 31. The van der Waals surface area contributed by atoms with Crippen LogP contribution in [-0.2, 0) is 6.18 Å². The number of aliphatic hydroxyl groups excluding tert-OH is 4. The number of hydrogen-bond donors (Lipinski definition) is 4. The summed E-state index contributed by atoms with van der Waals surface area (Å²) >= 11 is 11.6. The first kappa shape index (κ1) is 97.8. The summed E-state index contributed by atoms with van der Waals surface area (Å²) in [4.78, 5) is 8.76. The maximum absolute atomic E-state index is 13.8. The van der Waals surface area contributed by atoms with Gasteiger partial charge < -0.3 is 98.4 Å². The molecule has 0 amide bonds. The van der Waals surface area contributed by atoms with Crippen molar-refractivity contribution in [2.75, 3.05) is 112 Å². The number of likely N-dealkylation sites (tertiary alicyclic amines) is 2. The molecule has 9 aromatic heterocycles. The number of furan rings is 5. The Morgan fingerprint density at radius 2 is 0.825 bits per heavy atom. The van der Waals surface area contributed by atoms with E-state index in [4.69, 9.17) is 91.4 Å². The Balaban J connectivity index is 0.000000121. The normalized spacial score (nSPS) is 16.1. The summed E-state index contributed by atoms with van der Waals surface area (Å²) in [5.74, 6) is 8.70. The maximum Gasteiger partial charge on any atom is 0.417 e. The van der Waals surface area contributed by atoms with E-state index >= 15 is 0 Å². The SMILES string of the molecule is C=C(C)c1nnc(-c2cc3c(OC[C@@H](O)CN4CC=C(c5ccc6c(c5)OCO6)CC4)cccc3o2)o1.Cc1nnc(-c2cc3c(OC[C@@H](O)CN4CC=C(c5ccc6ccoc6c5)CC4)cccc3o2)o1.Cc1nnc(-c2cc3c(OC[C@@H](O)CN4CCC(c5ccc(Cl)c(C(F)(F)F)c5)CC4)cccc3o2)o1.Cc1nnc(-c2cc3c(OC[C@@H](O)CN4CCC(c5ccc(Cl)c(F)c5)CC4)cccc3o2)o1. The predicted molar refractivity (Wildman–Crippen MR) is 524 cm³/mol. The highest BCUT2D eigenvalue weighted by Gasteiger charge is 2.36. The fraction of sp³-hybridized carbons (Fsp3) is 0.321. The van der Waals surface area contributed by atoms with Crippen molar-refractivity contribution in [3.8, 4) is 81.1 Å². The van der Waals surface area contributed by atoms with Gasteiger partial charge >= 0.3 is 6.18 Å². The molecule has 0 saturated carbocycles. The number of allylic oxidation sites excluding steroid dienone is 1. The zero-order valence-electron chi connectivity index (χ0n) is 78.5. The number of halogens is 6. The number of ether oxygens (including phenoxy) is 6. The molecule has 0 bridgehead atoms. The first-order chi connectivity index (χ1) is 69.3. The summed E-state index contributed by atoms with van der Waals surface area (Å²) in [6, 6.07) is 52.7. The Kier molecular flexibility index (Phi) is 30.0. The Labute approximate surface area is 826 Å². The van der Waals surface area contributed by atoms with E-state index in [0.29, 0.717) is 173 Å². The molecule has 17 aromatic rings. The van der Waals surface area contributed by atoms with Gasteiger partial charge in [-0.1, -0.05) is 96.5 Å². The van der Waals surface area contributed by atoms with Gasteiger partial charge in [-0.25, -0.2) is 4.39 Å². The molecule has 0 aliphatic carbocycles. The van der Waals surface area contributed by atoms with Crippen LogP contribution in [0.3, 0.4) is 0 Å². The summed E-state index contributed by atoms with van der Waals surface area (Å²) in [5, 5.41) is 78.0. The average molecular weight is 1990 g/mol. The summed E-state index contributed by atoms with van der Waals surface area (Å²) < 4.78 is 139. The van der Waals surface area contributed by atoms with Crippen LogP contribution in [0.5, 0.6) is 34.5 Å². The zero-order valence-corrected chi connectivity index (χ0v) is 80.0. The number of benzene rings is 8. The van der Waals surface area contributed by atoms with Gasteiger partial charge in [0.2, 0.25) is 30.4 Å². The Bertz CT molecular complexity index is 7380. The first-order valence-corrected chi connectivity index (χ1v) is 47.8. The van der Waals surface area contributed by atoms with Crippen LogP contribution in [0.4, 0.5) is 17.6 Å². The molecule has 2 saturated heterocycles. The van der Waals surface area contributed by atoms with Crippen LogP contribution in [0.25, 0.3) is 118 Å². The van der Waals surface area contributed by atoms with Gasteiger partial charge in [-0.05, 0) is 214 Å². The lowest BCUT2D eigenvalue weighted by Gasteiger charge is -2.33. The minimum Gasteiger partial charge on any atom is -0.490 e. The third-order valence-electron chi connectivity index (χ3n) is 25.4. The zero-order chi connectivity index (χ0) is 98.9. The third-order valence-corrected chi connectivity index (χ3v) is 26.0. The van der Waals surface area contributed by atoms with Gasteiger partial charge in [0, 0.05) is 108 Å². The summed E-state index contributed by atoms with van der Waals surface area (Å²) in [5.41, 5.74) is 9.87. The fourth-order valence-corrected chi connectivity index (χ4v) is 18.4. The number of piperidine rings is 2. The van der Waals surface area contributed by atoms with Crippen molar-refractivity contribution in [1.29, 1.82) is 0 Å². The molecule has 5 aliphatic heterocycles. The number of aryl methyl sites for hydroxylation is 3. The standard InChI is InChI=1S/C28H27N3O6.C27H25N3O5.C26H25ClF3N3O4.C25H25ClFN3O4/c1-17(2)27-29-30-28(37-27)26-13-21-22(4-3-5-23(21)36-26)33-15-20(32)14-31-10-8-18(9-11-31)19-6-7-24-25(12-19)35-16-34-24;1-17-28-29-27(34-17)26-14-22-23(3-2-4-24(22)35-26)33-16-21(31)15-30-10-7-18(8-11-30)20-6-5-19-9-12-32-25(19)13-20;1-15-31-32-25(36-15)24-12-19-22(3-2-4-23(19)37-24)35-14-18(34)13-33-9-7-16(8-10-33)17-5-6-21(27)20(11-17)26(28,29)30;1-15-28-29-25(33-15)24-12-19-22(3-2-4-23(19)34-24)32-14-18(31)13-30-9-7-16(8-10-30)17-5-6-20(26)21(27)11-17/h3-8,12-13,20,32H,1,9-11,14-16H2,2H3;2-7,9,12-14,21,31H,8,10-11,15-16H2,1H3;2-6,11-12,16,18,34H,7-10,13-14H2,1H3;2-6,11-12,16,18,31H,7-10,13-14H2,1H3/t20-;21-;2*18-/m0000/s1. The molecular formula is C106H102Cl2F4N12O19. The van der Waals surface area contributed by atoms with Crippen molar-refractivity contribution in [3.63, 3.8) is 0 Å². The van der Waals surface area contributed by atoms with Crippen molar-refractivity contribution in [2.45, 2.75) is 109 Å². The van der Waals surface area contributed by atoms with Crippen LogP contribution in [0, 0.1) is 26.6 Å². The smallest absolute Gasteiger partial charge is 0.417 e. The minimum absolute atomic E-state index is 0.0125. The number of fused-ring (bicyclic) bond motifs is 6. The second-order valence-corrected chi connectivity index (χ2v) is 36.6. The van der Waals surface area contributed by atoms with Crippen LogP contribution < -0.4 is 28.4 Å². The highest BCUT2D eigenvalue weighted by atomic mass is 35.5. The molecule has 0 radical (unpaired) electrons. The molecule has 0 unspecified atom stereocenters. The summed E-state index contributed by atoms with van der Waals surface area (Å²) in [6.45, 7) is 19.8. The van der Waals surface area contributed by atoms with Gasteiger partial charge in [0.1, 0.15) is 108 Å². The largest absolute Gasteiger partial charge is 0.490 e. The Hall–Kier alpha value is -14.0. The molecule has 8 aromatic carbocycles. The monoisotopic (exact) mass is 1990 g/mol. The fourth-order valence-electron chi connectivity index (χ4n) is 18.1. The number of nitrogens with zero attached hydrogens (tertiary/aromatic N) is 12. The van der Waals surface area contributed by atoms with E-state index in [1.54, 1.807) is 82.5 Å². The van der Waals surface area contributed by atoms with Gasteiger partial charge in [-0.2, -0.15) is 13.2 Å². The van der Waals surface area contributed by atoms with Crippen molar-refractivity contribution in [2.24, 2.45) is 0 Å². The molecule has 31 nitrogen and oxygen atoms in total. The van der Waals surface area contributed by atoms with E-state index in [1.807, 2.05) is 84.9 Å². The number of aromatic nitrogens is 8. The highest BCUT2D eigenvalue weighted by molar-refractivity contribution is 6.31. The van der Waals surface area contributed by atoms with Crippen molar-refractivity contribution in [1.82, 2.24) is 60.4 Å². The van der Waals surface area contributed by atoms with Crippen molar-refractivity contribution >= 4 is 94.8 Å².